The molecule has 1 amide bonds. The minimum atomic E-state index is -0.190. The molecule has 1 heterocycles. The zero-order valence-corrected chi connectivity index (χ0v) is 12.4. The smallest absolute Gasteiger partial charge is 0.257 e. The van der Waals surface area contributed by atoms with E-state index in [2.05, 4.69) is 26.2 Å². The number of thiazole rings is 1. The molecule has 19 heavy (non-hydrogen) atoms. The maximum atomic E-state index is 12.1. The number of nitrogens with two attached hydrogens (primary N) is 1. The van der Waals surface area contributed by atoms with Gasteiger partial charge in [-0.1, -0.05) is 15.9 Å². The number of benzene rings is 1. The van der Waals surface area contributed by atoms with Crippen LogP contribution >= 0.6 is 27.3 Å². The molecule has 3 N–H and O–H groups in total. The Hall–Kier alpha value is -1.40. The topological polar surface area (TPSA) is 68.0 Å². The molecule has 1 aliphatic rings. The molecule has 0 bridgehead atoms. The van der Waals surface area contributed by atoms with E-state index in [-0.39, 0.29) is 5.91 Å². The second-order valence-electron chi connectivity index (χ2n) is 4.58. The van der Waals surface area contributed by atoms with Gasteiger partial charge in [-0.2, -0.15) is 0 Å². The highest BCUT2D eigenvalue weighted by molar-refractivity contribution is 9.10. The maximum Gasteiger partial charge on any atom is 0.257 e. The second kappa shape index (κ2) is 4.94. The van der Waals surface area contributed by atoms with E-state index in [1.165, 1.54) is 24.2 Å². The zero-order chi connectivity index (χ0) is 13.4. The summed E-state index contributed by atoms with van der Waals surface area (Å²) in [5.41, 5.74) is 7.89. The van der Waals surface area contributed by atoms with Crippen molar-refractivity contribution in [2.24, 2.45) is 0 Å². The Morgan fingerprint density at radius 2 is 2.21 bits per heavy atom. The van der Waals surface area contributed by atoms with Crippen LogP contribution in [0.25, 0.3) is 0 Å². The predicted octanol–water partition coefficient (Wildman–Crippen LogP) is 3.62. The van der Waals surface area contributed by atoms with Crippen LogP contribution in [0.2, 0.25) is 0 Å². The lowest BCUT2D eigenvalue weighted by atomic mass is 10.2. The first-order valence-electron chi connectivity index (χ1n) is 5.94. The molecule has 0 spiro atoms. The summed E-state index contributed by atoms with van der Waals surface area (Å²) in [5.74, 6) is 0.410. The van der Waals surface area contributed by atoms with Gasteiger partial charge < -0.3 is 5.73 Å². The lowest BCUT2D eigenvalue weighted by molar-refractivity contribution is 0.102. The Bertz CT molecular complexity index is 616. The van der Waals surface area contributed by atoms with Crippen LogP contribution in [0.4, 0.5) is 10.8 Å². The van der Waals surface area contributed by atoms with Gasteiger partial charge in [0.05, 0.1) is 5.69 Å². The van der Waals surface area contributed by atoms with Crippen molar-refractivity contribution < 1.29 is 4.79 Å². The van der Waals surface area contributed by atoms with Gasteiger partial charge in [0.2, 0.25) is 0 Å². The molecule has 1 aliphatic carbocycles. The number of hydrogen-bond donors (Lipinski definition) is 2. The molecule has 1 saturated carbocycles. The number of anilines is 2. The number of halogens is 1. The Kier molecular flexibility index (Phi) is 3.28. The van der Waals surface area contributed by atoms with Crippen molar-refractivity contribution in [1.29, 1.82) is 0 Å². The van der Waals surface area contributed by atoms with Crippen molar-refractivity contribution in [1.82, 2.24) is 4.98 Å². The van der Waals surface area contributed by atoms with E-state index in [9.17, 15) is 4.79 Å². The normalized spacial score (nSPS) is 14.4. The first-order chi connectivity index (χ1) is 9.11. The molecule has 0 atom stereocenters. The summed E-state index contributed by atoms with van der Waals surface area (Å²) >= 11 is 4.79. The van der Waals surface area contributed by atoms with Crippen LogP contribution in [0.15, 0.2) is 28.1 Å². The first-order valence-corrected chi connectivity index (χ1v) is 7.62. The van der Waals surface area contributed by atoms with Gasteiger partial charge in [0.1, 0.15) is 0 Å². The third-order valence-electron chi connectivity index (χ3n) is 2.92. The van der Waals surface area contributed by atoms with Gasteiger partial charge in [-0.05, 0) is 31.0 Å². The van der Waals surface area contributed by atoms with Crippen LogP contribution in [-0.4, -0.2) is 10.9 Å². The van der Waals surface area contributed by atoms with Gasteiger partial charge in [-0.15, -0.1) is 11.3 Å². The van der Waals surface area contributed by atoms with Crippen LogP contribution in [0.1, 0.15) is 34.8 Å². The lowest BCUT2D eigenvalue weighted by Gasteiger charge is -2.03. The highest BCUT2D eigenvalue weighted by Crippen LogP contribution is 2.40. The van der Waals surface area contributed by atoms with E-state index in [0.29, 0.717) is 22.3 Å². The van der Waals surface area contributed by atoms with Crippen molar-refractivity contribution >= 4 is 44.0 Å². The quantitative estimate of drug-likeness (QED) is 0.840. The Labute approximate surface area is 123 Å². The summed E-state index contributed by atoms with van der Waals surface area (Å²) < 4.78 is 0.787. The minimum Gasteiger partial charge on any atom is -0.399 e. The number of nitrogen functional groups attached to an aromatic ring is 1. The zero-order valence-electron chi connectivity index (χ0n) is 10.0. The van der Waals surface area contributed by atoms with Gasteiger partial charge in [-0.25, -0.2) is 4.98 Å². The molecule has 0 radical (unpaired) electrons. The Morgan fingerprint density at radius 1 is 1.42 bits per heavy atom. The molecule has 3 rings (SSSR count). The summed E-state index contributed by atoms with van der Waals surface area (Å²) in [5, 5.41) is 5.47. The van der Waals surface area contributed by atoms with Gasteiger partial charge in [0.15, 0.2) is 5.13 Å². The molecule has 98 valence electrons. The average molecular weight is 338 g/mol. The van der Waals surface area contributed by atoms with Crippen LogP contribution in [0, 0.1) is 0 Å². The molecule has 6 heteroatoms. The molecule has 0 saturated heterocycles. The van der Waals surface area contributed by atoms with Crippen molar-refractivity contribution in [3.63, 3.8) is 0 Å². The van der Waals surface area contributed by atoms with Crippen molar-refractivity contribution in [2.45, 2.75) is 18.8 Å². The summed E-state index contributed by atoms with van der Waals surface area (Å²) in [6, 6.07) is 5.14. The van der Waals surface area contributed by atoms with E-state index in [1.54, 1.807) is 18.2 Å². The molecule has 1 aromatic heterocycles. The number of amides is 1. The molecular weight excluding hydrogens is 326 g/mol. The number of nitrogens with zero attached hydrogens (tertiary/aromatic N) is 1. The number of rotatable bonds is 3. The Morgan fingerprint density at radius 3 is 2.89 bits per heavy atom. The SMILES string of the molecule is Nc1cc(Br)cc(C(=O)Nc2nc(C3CC3)cs2)c1. The third kappa shape index (κ3) is 2.96. The molecule has 0 unspecified atom stereocenters. The molecule has 1 fully saturated rings. The van der Waals surface area contributed by atoms with E-state index in [4.69, 9.17) is 5.73 Å². The molecule has 4 nitrogen and oxygen atoms in total. The number of nitrogens with one attached hydrogen (secondary N) is 1. The van der Waals surface area contributed by atoms with Gasteiger partial charge in [0.25, 0.3) is 5.91 Å². The molecule has 0 aliphatic heterocycles. The van der Waals surface area contributed by atoms with Crippen molar-refractivity contribution in [3.05, 3.63) is 39.3 Å². The summed E-state index contributed by atoms with van der Waals surface area (Å²) in [6.07, 6.45) is 2.42. The Balaban J connectivity index is 1.75. The standard InChI is InChI=1S/C13H12BrN3OS/c14-9-3-8(4-10(15)5-9)12(18)17-13-16-11(6-19-13)7-1-2-7/h3-7H,1-2,15H2,(H,16,17,18). The van der Waals surface area contributed by atoms with Crippen LogP contribution in [0.5, 0.6) is 0 Å². The number of hydrogen-bond acceptors (Lipinski definition) is 4. The van der Waals surface area contributed by atoms with E-state index < -0.39 is 0 Å². The largest absolute Gasteiger partial charge is 0.399 e. The average Bonchev–Trinajstić information content (AvgIpc) is 3.09. The summed E-state index contributed by atoms with van der Waals surface area (Å²) in [4.78, 5) is 16.5. The number of aromatic nitrogens is 1. The predicted molar refractivity (Wildman–Crippen MR) is 80.6 cm³/mol. The lowest BCUT2D eigenvalue weighted by Crippen LogP contribution is -2.12. The van der Waals surface area contributed by atoms with Crippen LogP contribution in [0.3, 0.4) is 0 Å². The van der Waals surface area contributed by atoms with Gasteiger partial charge in [0, 0.05) is 27.0 Å². The van der Waals surface area contributed by atoms with Gasteiger partial charge >= 0.3 is 0 Å². The summed E-state index contributed by atoms with van der Waals surface area (Å²) in [6.45, 7) is 0. The maximum absolute atomic E-state index is 12.1. The second-order valence-corrected chi connectivity index (χ2v) is 6.35. The third-order valence-corrected chi connectivity index (χ3v) is 4.15. The van der Waals surface area contributed by atoms with E-state index >= 15 is 0 Å². The number of carbonyl (C=O) groups is 1. The van der Waals surface area contributed by atoms with E-state index in [0.717, 1.165) is 10.2 Å². The molecule has 2 aromatic rings. The van der Waals surface area contributed by atoms with Crippen LogP contribution in [-0.2, 0) is 0 Å². The highest BCUT2D eigenvalue weighted by atomic mass is 79.9. The van der Waals surface area contributed by atoms with Crippen molar-refractivity contribution in [2.75, 3.05) is 11.1 Å². The van der Waals surface area contributed by atoms with Crippen LogP contribution < -0.4 is 11.1 Å². The van der Waals surface area contributed by atoms with E-state index in [1.807, 2.05) is 5.38 Å². The monoisotopic (exact) mass is 337 g/mol. The number of carbonyl (C=O) groups excluding carboxylic acids is 1. The first kappa shape index (κ1) is 12.6. The van der Waals surface area contributed by atoms with Crippen molar-refractivity contribution in [3.8, 4) is 0 Å². The fourth-order valence-electron chi connectivity index (χ4n) is 1.82. The fourth-order valence-corrected chi connectivity index (χ4v) is 3.12. The minimum absolute atomic E-state index is 0.190. The molecule has 1 aromatic carbocycles. The van der Waals surface area contributed by atoms with Gasteiger partial charge in [-0.3, -0.25) is 10.1 Å². The molecular formula is C13H12BrN3OS. The fraction of sp³-hybridized carbons (Fsp3) is 0.231. The summed E-state index contributed by atoms with van der Waals surface area (Å²) in [7, 11) is 0. The highest BCUT2D eigenvalue weighted by Gasteiger charge is 2.26.